The first-order chi connectivity index (χ1) is 11.6. The Bertz CT molecular complexity index is 730. The van der Waals surface area contributed by atoms with Gasteiger partial charge in [0.2, 0.25) is 5.88 Å². The van der Waals surface area contributed by atoms with Crippen molar-refractivity contribution in [1.29, 1.82) is 0 Å². The first-order valence-corrected chi connectivity index (χ1v) is 7.80. The third-order valence-electron chi connectivity index (χ3n) is 3.89. The van der Waals surface area contributed by atoms with Gasteiger partial charge in [0.25, 0.3) is 5.69 Å². The minimum atomic E-state index is -0.378. The number of rotatable bonds is 6. The van der Waals surface area contributed by atoms with Crippen LogP contribution >= 0.6 is 0 Å². The van der Waals surface area contributed by atoms with Crippen molar-refractivity contribution in [2.75, 3.05) is 18.5 Å². The normalized spacial score (nSPS) is 16.8. The second kappa shape index (κ2) is 7.27. The van der Waals surface area contributed by atoms with E-state index in [1.54, 1.807) is 12.3 Å². The molecule has 1 N–H and O–H groups in total. The summed E-state index contributed by atoms with van der Waals surface area (Å²) in [5.41, 5.74) is 2.38. The fraction of sp³-hybridized carbons (Fsp3) is 0.353. The molecule has 0 bridgehead atoms. The molecule has 1 aromatic heterocycles. The number of nitro groups is 1. The Kier molecular flexibility index (Phi) is 4.90. The number of nitrogens with zero attached hydrogens (tertiary/aromatic N) is 2. The summed E-state index contributed by atoms with van der Waals surface area (Å²) in [6, 6.07) is 8.72. The SMILES string of the molecule is Cc1cccc([N+](=O)[O-])c1NCc1ccnc(OC2CCOC2)c1. The second-order valence-corrected chi connectivity index (χ2v) is 5.69. The van der Waals surface area contributed by atoms with Crippen molar-refractivity contribution in [2.24, 2.45) is 0 Å². The number of para-hydroxylation sites is 1. The Labute approximate surface area is 139 Å². The van der Waals surface area contributed by atoms with Gasteiger partial charge in [0.15, 0.2) is 0 Å². The number of aromatic nitrogens is 1. The molecule has 0 saturated carbocycles. The molecule has 2 aromatic rings. The van der Waals surface area contributed by atoms with Gasteiger partial charge in [-0.25, -0.2) is 4.98 Å². The van der Waals surface area contributed by atoms with Gasteiger partial charge < -0.3 is 14.8 Å². The Hall–Kier alpha value is -2.67. The van der Waals surface area contributed by atoms with Crippen LogP contribution in [0.3, 0.4) is 0 Å². The number of aryl methyl sites for hydroxylation is 1. The average Bonchev–Trinajstić information content (AvgIpc) is 3.06. The maximum absolute atomic E-state index is 11.2. The molecule has 126 valence electrons. The molecule has 2 heterocycles. The highest BCUT2D eigenvalue weighted by Gasteiger charge is 2.18. The largest absolute Gasteiger partial charge is 0.472 e. The number of nitrogens with one attached hydrogen (secondary N) is 1. The van der Waals surface area contributed by atoms with Crippen molar-refractivity contribution in [2.45, 2.75) is 26.0 Å². The zero-order valence-corrected chi connectivity index (χ0v) is 13.4. The van der Waals surface area contributed by atoms with E-state index in [4.69, 9.17) is 9.47 Å². The van der Waals surface area contributed by atoms with Crippen molar-refractivity contribution in [1.82, 2.24) is 4.98 Å². The molecule has 1 saturated heterocycles. The van der Waals surface area contributed by atoms with Gasteiger partial charge >= 0.3 is 0 Å². The fourth-order valence-electron chi connectivity index (χ4n) is 2.63. The van der Waals surface area contributed by atoms with Crippen LogP contribution in [0.1, 0.15) is 17.5 Å². The average molecular weight is 329 g/mol. The van der Waals surface area contributed by atoms with Crippen LogP contribution in [0.15, 0.2) is 36.5 Å². The third kappa shape index (κ3) is 3.80. The summed E-state index contributed by atoms with van der Waals surface area (Å²) in [5.74, 6) is 0.545. The van der Waals surface area contributed by atoms with Crippen LogP contribution in [0.5, 0.6) is 5.88 Å². The standard InChI is InChI=1S/C17H19N3O4/c1-12-3-2-4-15(20(21)22)17(12)19-10-13-5-7-18-16(9-13)24-14-6-8-23-11-14/h2-5,7,9,14,19H,6,8,10-11H2,1H3. The molecule has 1 aliphatic heterocycles. The Morgan fingerprint density at radius 1 is 1.46 bits per heavy atom. The zero-order chi connectivity index (χ0) is 16.9. The molecule has 3 rings (SSSR count). The summed E-state index contributed by atoms with van der Waals surface area (Å²) in [7, 11) is 0. The number of nitro benzene ring substituents is 1. The predicted molar refractivity (Wildman–Crippen MR) is 89.2 cm³/mol. The van der Waals surface area contributed by atoms with Crippen molar-refractivity contribution in [3.05, 3.63) is 57.8 Å². The molecule has 1 aromatic carbocycles. The van der Waals surface area contributed by atoms with E-state index >= 15 is 0 Å². The number of hydrogen-bond acceptors (Lipinski definition) is 6. The molecule has 1 fully saturated rings. The van der Waals surface area contributed by atoms with E-state index in [0.717, 1.165) is 17.5 Å². The molecular weight excluding hydrogens is 310 g/mol. The van der Waals surface area contributed by atoms with Crippen LogP contribution in [0.2, 0.25) is 0 Å². The monoisotopic (exact) mass is 329 g/mol. The molecule has 1 unspecified atom stereocenters. The molecule has 0 amide bonds. The molecule has 0 spiro atoms. The summed E-state index contributed by atoms with van der Waals surface area (Å²) >= 11 is 0. The van der Waals surface area contributed by atoms with Gasteiger partial charge in [-0.05, 0) is 24.1 Å². The van der Waals surface area contributed by atoms with E-state index in [9.17, 15) is 10.1 Å². The van der Waals surface area contributed by atoms with E-state index < -0.39 is 0 Å². The van der Waals surface area contributed by atoms with Crippen molar-refractivity contribution in [3.8, 4) is 5.88 Å². The highest BCUT2D eigenvalue weighted by molar-refractivity contribution is 5.66. The fourth-order valence-corrected chi connectivity index (χ4v) is 2.63. The summed E-state index contributed by atoms with van der Waals surface area (Å²) < 4.78 is 11.1. The lowest BCUT2D eigenvalue weighted by atomic mass is 10.1. The highest BCUT2D eigenvalue weighted by Crippen LogP contribution is 2.28. The van der Waals surface area contributed by atoms with Crippen LogP contribution in [-0.4, -0.2) is 29.2 Å². The van der Waals surface area contributed by atoms with E-state index in [2.05, 4.69) is 10.3 Å². The minimum Gasteiger partial charge on any atom is -0.472 e. The van der Waals surface area contributed by atoms with E-state index in [1.807, 2.05) is 25.1 Å². The van der Waals surface area contributed by atoms with Gasteiger partial charge in [0, 0.05) is 31.3 Å². The van der Waals surface area contributed by atoms with Gasteiger partial charge in [-0.1, -0.05) is 12.1 Å². The van der Waals surface area contributed by atoms with Crippen LogP contribution in [0.25, 0.3) is 0 Å². The lowest BCUT2D eigenvalue weighted by Crippen LogP contribution is -2.16. The number of pyridine rings is 1. The van der Waals surface area contributed by atoms with Gasteiger partial charge in [-0.2, -0.15) is 0 Å². The summed E-state index contributed by atoms with van der Waals surface area (Å²) in [4.78, 5) is 15.0. The van der Waals surface area contributed by atoms with E-state index in [1.165, 1.54) is 6.07 Å². The summed E-state index contributed by atoms with van der Waals surface area (Å²) in [6.07, 6.45) is 2.58. The molecule has 1 aliphatic rings. The zero-order valence-electron chi connectivity index (χ0n) is 13.4. The Morgan fingerprint density at radius 2 is 2.33 bits per heavy atom. The number of anilines is 1. The molecule has 0 radical (unpaired) electrons. The van der Waals surface area contributed by atoms with Crippen molar-refractivity contribution < 1.29 is 14.4 Å². The molecule has 0 aliphatic carbocycles. The quantitative estimate of drug-likeness (QED) is 0.647. The molecular formula is C17H19N3O4. The van der Waals surface area contributed by atoms with Gasteiger partial charge in [-0.15, -0.1) is 0 Å². The maximum atomic E-state index is 11.2. The second-order valence-electron chi connectivity index (χ2n) is 5.69. The van der Waals surface area contributed by atoms with Crippen molar-refractivity contribution >= 4 is 11.4 Å². The molecule has 1 atom stereocenters. The van der Waals surface area contributed by atoms with E-state index in [0.29, 0.717) is 31.3 Å². The first-order valence-electron chi connectivity index (χ1n) is 7.80. The first kappa shape index (κ1) is 16.2. The number of hydrogen-bond donors (Lipinski definition) is 1. The van der Waals surface area contributed by atoms with Crippen LogP contribution < -0.4 is 10.1 Å². The highest BCUT2D eigenvalue weighted by atomic mass is 16.6. The lowest BCUT2D eigenvalue weighted by Gasteiger charge is -2.13. The predicted octanol–water partition coefficient (Wildman–Crippen LogP) is 3.08. The van der Waals surface area contributed by atoms with E-state index in [-0.39, 0.29) is 16.7 Å². The molecule has 7 heteroatoms. The van der Waals surface area contributed by atoms with Crippen molar-refractivity contribution in [3.63, 3.8) is 0 Å². The summed E-state index contributed by atoms with van der Waals surface area (Å²) in [6.45, 7) is 3.59. The van der Waals surface area contributed by atoms with Crippen LogP contribution in [0.4, 0.5) is 11.4 Å². The minimum absolute atomic E-state index is 0.0400. The third-order valence-corrected chi connectivity index (χ3v) is 3.89. The lowest BCUT2D eigenvalue weighted by molar-refractivity contribution is -0.384. The smallest absolute Gasteiger partial charge is 0.292 e. The Morgan fingerprint density at radius 3 is 3.08 bits per heavy atom. The van der Waals surface area contributed by atoms with Gasteiger partial charge in [0.1, 0.15) is 11.8 Å². The Balaban J connectivity index is 1.70. The van der Waals surface area contributed by atoms with Gasteiger partial charge in [-0.3, -0.25) is 10.1 Å². The molecule has 24 heavy (non-hydrogen) atoms. The molecule has 7 nitrogen and oxygen atoms in total. The van der Waals surface area contributed by atoms with Crippen LogP contribution in [-0.2, 0) is 11.3 Å². The number of ether oxygens (including phenoxy) is 2. The summed E-state index contributed by atoms with van der Waals surface area (Å²) in [5, 5.41) is 14.3. The topological polar surface area (TPSA) is 86.5 Å². The number of benzene rings is 1. The van der Waals surface area contributed by atoms with Gasteiger partial charge in [0.05, 0.1) is 18.1 Å². The maximum Gasteiger partial charge on any atom is 0.292 e. The van der Waals surface area contributed by atoms with Crippen LogP contribution in [0, 0.1) is 17.0 Å².